The van der Waals surface area contributed by atoms with Crippen molar-refractivity contribution in [1.82, 2.24) is 10.6 Å². The number of aliphatic carboxylic acids is 2. The van der Waals surface area contributed by atoms with Crippen molar-refractivity contribution in [2.24, 2.45) is 0 Å². The summed E-state index contributed by atoms with van der Waals surface area (Å²) >= 11 is 1.56. The number of carbonyl (C=O) groups excluding carboxylic acids is 1. The van der Waals surface area contributed by atoms with Gasteiger partial charge in [0.15, 0.2) is 0 Å². The van der Waals surface area contributed by atoms with Crippen LogP contribution in [-0.2, 0) is 16.0 Å². The summed E-state index contributed by atoms with van der Waals surface area (Å²) in [4.78, 5) is 33.1. The van der Waals surface area contributed by atoms with E-state index < -0.39 is 24.0 Å². The van der Waals surface area contributed by atoms with Crippen LogP contribution < -0.4 is 10.6 Å². The number of urea groups is 1. The Morgan fingerprint density at radius 2 is 2.00 bits per heavy atom. The summed E-state index contributed by atoms with van der Waals surface area (Å²) < 4.78 is 0. The van der Waals surface area contributed by atoms with Crippen LogP contribution in [0, 0.1) is 0 Å². The second kappa shape index (κ2) is 8.25. The molecule has 21 heavy (non-hydrogen) atoms. The van der Waals surface area contributed by atoms with Gasteiger partial charge in [-0.2, -0.15) is 11.3 Å². The third-order valence-corrected chi connectivity index (χ3v) is 3.48. The number of nitrogens with one attached hydrogen (secondary N) is 2. The first kappa shape index (κ1) is 17.0. The molecule has 7 nitrogen and oxygen atoms in total. The molecular weight excluding hydrogens is 296 g/mol. The van der Waals surface area contributed by atoms with Crippen LogP contribution in [0.2, 0.25) is 0 Å². The monoisotopic (exact) mass is 314 g/mol. The second-order valence-corrected chi connectivity index (χ2v) is 5.46. The van der Waals surface area contributed by atoms with E-state index in [1.807, 2.05) is 23.8 Å². The highest BCUT2D eigenvalue weighted by atomic mass is 32.1. The van der Waals surface area contributed by atoms with Crippen LogP contribution in [-0.4, -0.2) is 40.3 Å². The Labute approximate surface area is 126 Å². The minimum atomic E-state index is -1.25. The van der Waals surface area contributed by atoms with Gasteiger partial charge in [0.05, 0.1) is 0 Å². The molecule has 0 aliphatic carbocycles. The van der Waals surface area contributed by atoms with Gasteiger partial charge >= 0.3 is 18.0 Å². The number of thiophene rings is 1. The zero-order valence-corrected chi connectivity index (χ0v) is 12.4. The Morgan fingerprint density at radius 1 is 1.29 bits per heavy atom. The fraction of sp³-hybridized carbons (Fsp3) is 0.462. The fourth-order valence-electron chi connectivity index (χ4n) is 1.76. The van der Waals surface area contributed by atoms with Crippen molar-refractivity contribution in [2.45, 2.75) is 38.3 Å². The standard InChI is InChI=1S/C13H18N2O5S/c1-8(6-9-4-5-21-7-9)14-13(20)15-10(12(18)19)2-3-11(16)17/h4-5,7-8,10H,2-3,6H2,1H3,(H,16,17)(H,18,19)(H2,14,15,20). The van der Waals surface area contributed by atoms with E-state index in [2.05, 4.69) is 10.6 Å². The average Bonchev–Trinajstić information content (AvgIpc) is 2.86. The molecule has 0 aromatic carbocycles. The zero-order chi connectivity index (χ0) is 15.8. The largest absolute Gasteiger partial charge is 0.481 e. The van der Waals surface area contributed by atoms with E-state index in [9.17, 15) is 14.4 Å². The predicted molar refractivity (Wildman–Crippen MR) is 77.4 cm³/mol. The minimum absolute atomic E-state index is 0.156. The molecule has 2 unspecified atom stereocenters. The first-order valence-corrected chi connectivity index (χ1v) is 7.35. The Balaban J connectivity index is 2.42. The Hall–Kier alpha value is -2.09. The number of carboxylic acids is 2. The number of amides is 2. The van der Waals surface area contributed by atoms with E-state index in [-0.39, 0.29) is 18.9 Å². The lowest BCUT2D eigenvalue weighted by molar-refractivity contribution is -0.140. The number of hydrogen-bond acceptors (Lipinski definition) is 4. The first-order chi connectivity index (χ1) is 9.88. The lowest BCUT2D eigenvalue weighted by atomic mass is 10.1. The number of carboxylic acid groups (broad SMARTS) is 2. The van der Waals surface area contributed by atoms with Gasteiger partial charge in [-0.25, -0.2) is 9.59 Å². The molecule has 1 heterocycles. The number of rotatable bonds is 8. The molecule has 0 fully saturated rings. The van der Waals surface area contributed by atoms with Crippen molar-refractivity contribution < 1.29 is 24.6 Å². The Kier molecular flexibility index (Phi) is 6.67. The van der Waals surface area contributed by atoms with Gasteiger partial charge in [-0.3, -0.25) is 4.79 Å². The van der Waals surface area contributed by atoms with Crippen molar-refractivity contribution in [1.29, 1.82) is 0 Å². The smallest absolute Gasteiger partial charge is 0.326 e. The van der Waals surface area contributed by atoms with Gasteiger partial charge in [0, 0.05) is 12.5 Å². The van der Waals surface area contributed by atoms with E-state index in [4.69, 9.17) is 10.2 Å². The van der Waals surface area contributed by atoms with Crippen molar-refractivity contribution in [3.63, 3.8) is 0 Å². The fourth-order valence-corrected chi connectivity index (χ4v) is 2.44. The molecule has 4 N–H and O–H groups in total. The zero-order valence-electron chi connectivity index (χ0n) is 11.5. The summed E-state index contributed by atoms with van der Waals surface area (Å²) in [5, 5.41) is 26.3. The summed E-state index contributed by atoms with van der Waals surface area (Å²) in [5.74, 6) is -2.36. The quantitative estimate of drug-likeness (QED) is 0.577. The minimum Gasteiger partial charge on any atom is -0.481 e. The Bertz CT molecular complexity index is 489. The van der Waals surface area contributed by atoms with Gasteiger partial charge in [-0.15, -0.1) is 0 Å². The third kappa shape index (κ3) is 6.75. The van der Waals surface area contributed by atoms with Gasteiger partial charge in [0.1, 0.15) is 6.04 Å². The molecular formula is C13H18N2O5S. The van der Waals surface area contributed by atoms with Crippen LogP contribution >= 0.6 is 11.3 Å². The van der Waals surface area contributed by atoms with E-state index >= 15 is 0 Å². The molecule has 1 aromatic rings. The summed E-state index contributed by atoms with van der Waals surface area (Å²) in [5.41, 5.74) is 1.09. The maximum atomic E-state index is 11.7. The van der Waals surface area contributed by atoms with Gasteiger partial charge in [-0.1, -0.05) is 0 Å². The second-order valence-electron chi connectivity index (χ2n) is 4.68. The van der Waals surface area contributed by atoms with Gasteiger partial charge in [-0.05, 0) is 42.2 Å². The highest BCUT2D eigenvalue weighted by molar-refractivity contribution is 7.07. The van der Waals surface area contributed by atoms with Crippen LogP contribution in [0.4, 0.5) is 4.79 Å². The maximum absolute atomic E-state index is 11.7. The molecule has 0 aliphatic rings. The summed E-state index contributed by atoms with van der Waals surface area (Å²) in [7, 11) is 0. The highest BCUT2D eigenvalue weighted by Crippen LogP contribution is 2.08. The molecule has 116 valence electrons. The lowest BCUT2D eigenvalue weighted by Crippen LogP contribution is -2.48. The van der Waals surface area contributed by atoms with Crippen LogP contribution in [0.25, 0.3) is 0 Å². The SMILES string of the molecule is CC(Cc1ccsc1)NC(=O)NC(CCC(=O)O)C(=O)O. The molecule has 2 amide bonds. The van der Waals surface area contributed by atoms with E-state index in [1.165, 1.54) is 0 Å². The van der Waals surface area contributed by atoms with Gasteiger partial charge < -0.3 is 20.8 Å². The summed E-state index contributed by atoms with van der Waals surface area (Å²) in [6, 6.07) is -0.0355. The molecule has 0 bridgehead atoms. The normalized spacial score (nSPS) is 13.2. The van der Waals surface area contributed by atoms with Crippen LogP contribution in [0.3, 0.4) is 0 Å². The Morgan fingerprint density at radius 3 is 2.52 bits per heavy atom. The molecule has 0 saturated carbocycles. The van der Waals surface area contributed by atoms with Crippen LogP contribution in [0.5, 0.6) is 0 Å². The molecule has 0 saturated heterocycles. The number of carbonyl (C=O) groups is 3. The topological polar surface area (TPSA) is 116 Å². The summed E-state index contributed by atoms with van der Waals surface area (Å²) in [6.45, 7) is 1.81. The average molecular weight is 314 g/mol. The van der Waals surface area contributed by atoms with Crippen LogP contribution in [0.1, 0.15) is 25.3 Å². The maximum Gasteiger partial charge on any atom is 0.326 e. The van der Waals surface area contributed by atoms with E-state index in [0.717, 1.165) is 5.56 Å². The molecule has 0 radical (unpaired) electrons. The third-order valence-electron chi connectivity index (χ3n) is 2.75. The lowest BCUT2D eigenvalue weighted by Gasteiger charge is -2.17. The molecule has 1 aromatic heterocycles. The van der Waals surface area contributed by atoms with Crippen LogP contribution in [0.15, 0.2) is 16.8 Å². The highest BCUT2D eigenvalue weighted by Gasteiger charge is 2.21. The van der Waals surface area contributed by atoms with Gasteiger partial charge in [0.25, 0.3) is 0 Å². The molecule has 0 aliphatic heterocycles. The van der Waals surface area contributed by atoms with E-state index in [0.29, 0.717) is 6.42 Å². The molecule has 0 spiro atoms. The summed E-state index contributed by atoms with van der Waals surface area (Å²) in [6.07, 6.45) is 0.169. The molecule has 2 atom stereocenters. The van der Waals surface area contributed by atoms with Crippen molar-refractivity contribution in [3.05, 3.63) is 22.4 Å². The van der Waals surface area contributed by atoms with Crippen molar-refractivity contribution in [3.8, 4) is 0 Å². The van der Waals surface area contributed by atoms with Crippen molar-refractivity contribution in [2.75, 3.05) is 0 Å². The first-order valence-electron chi connectivity index (χ1n) is 6.41. The van der Waals surface area contributed by atoms with E-state index in [1.54, 1.807) is 11.3 Å². The van der Waals surface area contributed by atoms with Gasteiger partial charge in [0.2, 0.25) is 0 Å². The molecule has 8 heteroatoms. The number of hydrogen-bond donors (Lipinski definition) is 4. The van der Waals surface area contributed by atoms with Crippen molar-refractivity contribution >= 4 is 29.3 Å². The molecule has 1 rings (SSSR count). The predicted octanol–water partition coefficient (Wildman–Crippen LogP) is 1.30.